The number of primary amides is 1. The minimum atomic E-state index is -0.520. The molecule has 0 aromatic rings. The Morgan fingerprint density at radius 1 is 1.33 bits per heavy atom. The minimum Gasteiger partial charge on any atom is -0.368 e. The van der Waals surface area contributed by atoms with Crippen LogP contribution in [0.5, 0.6) is 0 Å². The summed E-state index contributed by atoms with van der Waals surface area (Å²) in [5, 5.41) is 3.50. The molecule has 2 fully saturated rings. The second-order valence-electron chi connectivity index (χ2n) is 6.99. The van der Waals surface area contributed by atoms with Crippen LogP contribution in [-0.2, 0) is 4.79 Å². The molecule has 0 radical (unpaired) electrons. The highest BCUT2D eigenvalue weighted by molar-refractivity contribution is 5.86. The maximum Gasteiger partial charge on any atom is 0.239 e. The van der Waals surface area contributed by atoms with Crippen molar-refractivity contribution in [1.29, 1.82) is 0 Å². The van der Waals surface area contributed by atoms with Crippen LogP contribution in [0.1, 0.15) is 39.0 Å². The highest BCUT2D eigenvalue weighted by atomic mass is 16.1. The fraction of sp³-hybridized carbons (Fsp3) is 0.938. The first kappa shape index (κ1) is 16.7. The van der Waals surface area contributed by atoms with Crippen molar-refractivity contribution >= 4 is 5.91 Å². The van der Waals surface area contributed by atoms with Crippen LogP contribution in [0.25, 0.3) is 0 Å². The summed E-state index contributed by atoms with van der Waals surface area (Å²) in [7, 11) is 4.33. The number of carbonyl (C=O) groups is 1. The number of likely N-dealkylation sites (N-methyl/N-ethyl adjacent to an activating group) is 1. The van der Waals surface area contributed by atoms with E-state index in [0.29, 0.717) is 12.0 Å². The predicted octanol–water partition coefficient (Wildman–Crippen LogP) is 0.646. The van der Waals surface area contributed by atoms with Crippen LogP contribution in [0.3, 0.4) is 0 Å². The summed E-state index contributed by atoms with van der Waals surface area (Å²) in [5.74, 6) is 0.258. The second-order valence-corrected chi connectivity index (χ2v) is 6.99. The highest BCUT2D eigenvalue weighted by Crippen LogP contribution is 2.40. The van der Waals surface area contributed by atoms with Gasteiger partial charge in [0.2, 0.25) is 5.91 Å². The molecule has 0 spiro atoms. The predicted molar refractivity (Wildman–Crippen MR) is 86.1 cm³/mol. The second kappa shape index (κ2) is 7.07. The third-order valence-corrected chi connectivity index (χ3v) is 5.21. The van der Waals surface area contributed by atoms with Crippen molar-refractivity contribution in [2.24, 2.45) is 11.7 Å². The van der Waals surface area contributed by atoms with Crippen LogP contribution in [-0.4, -0.2) is 67.6 Å². The molecule has 1 aliphatic carbocycles. The van der Waals surface area contributed by atoms with Crippen LogP contribution >= 0.6 is 0 Å². The van der Waals surface area contributed by atoms with Crippen molar-refractivity contribution in [3.63, 3.8) is 0 Å². The molecule has 1 saturated carbocycles. The first-order valence-electron chi connectivity index (χ1n) is 8.43. The largest absolute Gasteiger partial charge is 0.368 e. The van der Waals surface area contributed by atoms with Gasteiger partial charge in [0.05, 0.1) is 0 Å². The summed E-state index contributed by atoms with van der Waals surface area (Å²) < 4.78 is 0. The number of hydrogen-bond donors (Lipinski definition) is 2. The number of piperidine rings is 1. The average Bonchev–Trinajstić information content (AvgIpc) is 3.28. The molecule has 0 bridgehead atoms. The molecule has 3 N–H and O–H groups in total. The number of carbonyl (C=O) groups excluding carboxylic acids is 1. The van der Waals surface area contributed by atoms with Crippen LogP contribution < -0.4 is 11.1 Å². The summed E-state index contributed by atoms with van der Waals surface area (Å²) in [6.45, 7) is 6.03. The third kappa shape index (κ3) is 3.96. The van der Waals surface area contributed by atoms with Gasteiger partial charge < -0.3 is 20.9 Å². The molecule has 5 nitrogen and oxygen atoms in total. The lowest BCUT2D eigenvalue weighted by Crippen LogP contribution is -2.64. The van der Waals surface area contributed by atoms with Crippen LogP contribution in [0, 0.1) is 5.92 Å². The van der Waals surface area contributed by atoms with Crippen LogP contribution in [0.4, 0.5) is 0 Å². The Hall–Kier alpha value is -0.650. The van der Waals surface area contributed by atoms with Gasteiger partial charge in [0.25, 0.3) is 0 Å². The Bertz CT molecular complexity index is 350. The number of rotatable bonds is 8. The number of amides is 1. The monoisotopic (exact) mass is 296 g/mol. The Labute approximate surface area is 129 Å². The molecule has 5 heteroatoms. The number of hydrogen-bond acceptors (Lipinski definition) is 4. The molecule has 122 valence electrons. The summed E-state index contributed by atoms with van der Waals surface area (Å²) >= 11 is 0. The molecule has 2 aliphatic rings. The lowest BCUT2D eigenvalue weighted by molar-refractivity contribution is -0.126. The number of likely N-dealkylation sites (tertiary alicyclic amines) is 1. The van der Waals surface area contributed by atoms with Gasteiger partial charge in [-0.25, -0.2) is 0 Å². The zero-order valence-electron chi connectivity index (χ0n) is 13.9. The van der Waals surface area contributed by atoms with Crippen LogP contribution in [0.15, 0.2) is 0 Å². The zero-order valence-corrected chi connectivity index (χ0v) is 13.9. The topological polar surface area (TPSA) is 61.6 Å². The van der Waals surface area contributed by atoms with Gasteiger partial charge in [-0.2, -0.15) is 0 Å². The van der Waals surface area contributed by atoms with E-state index < -0.39 is 5.54 Å². The summed E-state index contributed by atoms with van der Waals surface area (Å²) in [6, 6.07) is 0.571. The fourth-order valence-corrected chi connectivity index (χ4v) is 3.58. The molecule has 1 atom stereocenters. The van der Waals surface area contributed by atoms with E-state index in [1.165, 1.54) is 12.8 Å². The van der Waals surface area contributed by atoms with E-state index in [1.807, 2.05) is 0 Å². The third-order valence-electron chi connectivity index (χ3n) is 5.21. The van der Waals surface area contributed by atoms with Gasteiger partial charge in [-0.05, 0) is 71.8 Å². The van der Waals surface area contributed by atoms with Crippen molar-refractivity contribution in [1.82, 2.24) is 15.1 Å². The van der Waals surface area contributed by atoms with Gasteiger partial charge in [0, 0.05) is 12.6 Å². The van der Waals surface area contributed by atoms with E-state index >= 15 is 0 Å². The van der Waals surface area contributed by atoms with E-state index in [9.17, 15) is 4.79 Å². The summed E-state index contributed by atoms with van der Waals surface area (Å²) in [6.07, 6.45) is 5.64. The van der Waals surface area contributed by atoms with E-state index in [0.717, 1.165) is 45.4 Å². The van der Waals surface area contributed by atoms with Gasteiger partial charge in [-0.15, -0.1) is 0 Å². The van der Waals surface area contributed by atoms with Gasteiger partial charge in [0.1, 0.15) is 5.54 Å². The van der Waals surface area contributed by atoms with Crippen molar-refractivity contribution in [2.45, 2.75) is 50.6 Å². The van der Waals surface area contributed by atoms with E-state index in [1.54, 1.807) is 0 Å². The fourth-order valence-electron chi connectivity index (χ4n) is 3.58. The molecule has 1 amide bonds. The van der Waals surface area contributed by atoms with E-state index in [-0.39, 0.29) is 5.91 Å². The Balaban J connectivity index is 2.01. The maximum atomic E-state index is 12.2. The standard InChI is InChI=1S/C16H32N4O/c1-4-9-18-16(15(17)21,13-5-6-13)12-20(3)14-7-10-19(2)11-8-14/h13-14,18H,4-12H2,1-3H3,(H2,17,21). The van der Waals surface area contributed by atoms with Crippen molar-refractivity contribution < 1.29 is 4.79 Å². The Morgan fingerprint density at radius 3 is 2.43 bits per heavy atom. The zero-order chi connectivity index (χ0) is 15.5. The SMILES string of the molecule is CCCNC(CN(C)C1CCN(C)CC1)(C(N)=O)C1CC1. The minimum absolute atomic E-state index is 0.168. The van der Waals surface area contributed by atoms with Gasteiger partial charge in [-0.3, -0.25) is 4.79 Å². The summed E-state index contributed by atoms with van der Waals surface area (Å²) in [4.78, 5) is 17.0. The smallest absolute Gasteiger partial charge is 0.239 e. The molecule has 2 rings (SSSR count). The first-order chi connectivity index (χ1) is 9.99. The van der Waals surface area contributed by atoms with Gasteiger partial charge in [0.15, 0.2) is 0 Å². The van der Waals surface area contributed by atoms with Crippen molar-refractivity contribution in [2.75, 3.05) is 40.3 Å². The molecule has 1 heterocycles. The first-order valence-corrected chi connectivity index (χ1v) is 8.43. The number of nitrogens with two attached hydrogens (primary N) is 1. The number of nitrogens with one attached hydrogen (secondary N) is 1. The van der Waals surface area contributed by atoms with Gasteiger partial charge in [-0.1, -0.05) is 6.92 Å². The molecule has 1 unspecified atom stereocenters. The lowest BCUT2D eigenvalue weighted by atomic mass is 9.89. The molecule has 0 aromatic heterocycles. The normalized spacial score (nSPS) is 24.2. The molecule has 1 saturated heterocycles. The molecule has 0 aromatic carbocycles. The van der Waals surface area contributed by atoms with Crippen LogP contribution in [0.2, 0.25) is 0 Å². The van der Waals surface area contributed by atoms with Crippen molar-refractivity contribution in [3.8, 4) is 0 Å². The summed E-state index contributed by atoms with van der Waals surface area (Å²) in [5.41, 5.74) is 5.30. The Morgan fingerprint density at radius 2 is 1.95 bits per heavy atom. The quantitative estimate of drug-likeness (QED) is 0.690. The highest BCUT2D eigenvalue weighted by Gasteiger charge is 2.50. The molecular formula is C16H32N4O. The van der Waals surface area contributed by atoms with E-state index in [2.05, 4.69) is 36.1 Å². The lowest BCUT2D eigenvalue weighted by Gasteiger charge is -2.41. The van der Waals surface area contributed by atoms with Crippen molar-refractivity contribution in [3.05, 3.63) is 0 Å². The molecular weight excluding hydrogens is 264 g/mol. The van der Waals surface area contributed by atoms with E-state index in [4.69, 9.17) is 5.73 Å². The molecule has 1 aliphatic heterocycles. The maximum absolute atomic E-state index is 12.2. The number of nitrogens with zero attached hydrogens (tertiary/aromatic N) is 2. The average molecular weight is 296 g/mol. The van der Waals surface area contributed by atoms with Gasteiger partial charge >= 0.3 is 0 Å². The Kier molecular flexibility index (Phi) is 5.63. The molecule has 21 heavy (non-hydrogen) atoms.